The fourth-order valence-electron chi connectivity index (χ4n) is 1.58. The standard InChI is InChI=1S/C12H17BrN2O2/c1-8(2)3-6-11(14)9-4-5-10(13)12(7-9)15(16)17/h4-5,7-8,11H,3,6,14H2,1-2H3/t11-/m0/s1. The van der Waals surface area contributed by atoms with Crippen LogP contribution in [0.3, 0.4) is 0 Å². The topological polar surface area (TPSA) is 69.2 Å². The van der Waals surface area contributed by atoms with E-state index in [4.69, 9.17) is 5.73 Å². The van der Waals surface area contributed by atoms with Gasteiger partial charge in [-0.05, 0) is 46.3 Å². The molecule has 0 aliphatic rings. The SMILES string of the molecule is CC(C)CC[C@H](N)c1ccc(Br)c([N+](=O)[O-])c1. The molecule has 0 aliphatic heterocycles. The minimum Gasteiger partial charge on any atom is -0.324 e. The summed E-state index contributed by atoms with van der Waals surface area (Å²) in [6.07, 6.45) is 1.86. The zero-order valence-corrected chi connectivity index (χ0v) is 11.6. The van der Waals surface area contributed by atoms with E-state index in [9.17, 15) is 10.1 Å². The van der Waals surface area contributed by atoms with Crippen LogP contribution in [0.4, 0.5) is 5.69 Å². The van der Waals surface area contributed by atoms with E-state index in [2.05, 4.69) is 29.8 Å². The zero-order chi connectivity index (χ0) is 13.0. The maximum atomic E-state index is 10.8. The van der Waals surface area contributed by atoms with Gasteiger partial charge in [0.25, 0.3) is 5.69 Å². The second kappa shape index (κ2) is 6.12. The first kappa shape index (κ1) is 14.1. The molecule has 0 aromatic heterocycles. The first-order chi connectivity index (χ1) is 7.91. The number of rotatable bonds is 5. The number of nitrogens with two attached hydrogens (primary N) is 1. The third kappa shape index (κ3) is 4.09. The Hall–Kier alpha value is -0.940. The van der Waals surface area contributed by atoms with Gasteiger partial charge in [0.05, 0.1) is 9.40 Å². The van der Waals surface area contributed by atoms with Crippen LogP contribution in [-0.4, -0.2) is 4.92 Å². The minimum absolute atomic E-state index is 0.0718. The molecule has 1 atom stereocenters. The molecule has 0 fully saturated rings. The molecule has 0 aliphatic carbocycles. The molecule has 5 heteroatoms. The van der Waals surface area contributed by atoms with E-state index in [0.29, 0.717) is 10.4 Å². The highest BCUT2D eigenvalue weighted by Crippen LogP contribution is 2.29. The Bertz CT molecular complexity index is 407. The van der Waals surface area contributed by atoms with Gasteiger partial charge in [-0.25, -0.2) is 0 Å². The van der Waals surface area contributed by atoms with Crippen LogP contribution in [0.2, 0.25) is 0 Å². The average molecular weight is 301 g/mol. The smallest absolute Gasteiger partial charge is 0.283 e. The molecule has 0 bridgehead atoms. The zero-order valence-electron chi connectivity index (χ0n) is 10.0. The number of nitro groups is 1. The lowest BCUT2D eigenvalue weighted by molar-refractivity contribution is -0.385. The summed E-state index contributed by atoms with van der Waals surface area (Å²) in [4.78, 5) is 10.4. The lowest BCUT2D eigenvalue weighted by Crippen LogP contribution is -2.11. The van der Waals surface area contributed by atoms with Crippen LogP contribution in [0.1, 0.15) is 38.3 Å². The van der Waals surface area contributed by atoms with E-state index < -0.39 is 4.92 Å². The highest BCUT2D eigenvalue weighted by molar-refractivity contribution is 9.10. The van der Waals surface area contributed by atoms with E-state index in [0.717, 1.165) is 18.4 Å². The maximum absolute atomic E-state index is 10.8. The normalized spacial score (nSPS) is 12.8. The van der Waals surface area contributed by atoms with Crippen molar-refractivity contribution in [1.82, 2.24) is 0 Å². The van der Waals surface area contributed by atoms with Gasteiger partial charge in [0.15, 0.2) is 0 Å². The summed E-state index contributed by atoms with van der Waals surface area (Å²) in [6, 6.07) is 4.93. The fourth-order valence-corrected chi connectivity index (χ4v) is 1.97. The summed E-state index contributed by atoms with van der Waals surface area (Å²) in [5.74, 6) is 0.589. The van der Waals surface area contributed by atoms with Crippen molar-refractivity contribution in [3.63, 3.8) is 0 Å². The molecule has 2 N–H and O–H groups in total. The molecule has 0 amide bonds. The number of hydrogen-bond acceptors (Lipinski definition) is 3. The van der Waals surface area contributed by atoms with E-state index in [1.807, 2.05) is 6.07 Å². The molecule has 0 saturated carbocycles. The largest absolute Gasteiger partial charge is 0.324 e. The first-order valence-corrected chi connectivity index (χ1v) is 6.40. The second-order valence-electron chi connectivity index (χ2n) is 4.55. The van der Waals surface area contributed by atoms with Crippen molar-refractivity contribution in [1.29, 1.82) is 0 Å². The molecular weight excluding hydrogens is 284 g/mol. The third-order valence-corrected chi connectivity index (χ3v) is 3.32. The molecule has 17 heavy (non-hydrogen) atoms. The number of hydrogen-bond donors (Lipinski definition) is 1. The Morgan fingerprint density at radius 1 is 1.41 bits per heavy atom. The lowest BCUT2D eigenvalue weighted by Gasteiger charge is -2.13. The molecule has 0 heterocycles. The molecular formula is C12H17BrN2O2. The van der Waals surface area contributed by atoms with Crippen LogP contribution < -0.4 is 5.73 Å². The highest BCUT2D eigenvalue weighted by Gasteiger charge is 2.15. The van der Waals surface area contributed by atoms with Crippen molar-refractivity contribution in [3.05, 3.63) is 38.3 Å². The summed E-state index contributed by atoms with van der Waals surface area (Å²) in [7, 11) is 0. The van der Waals surface area contributed by atoms with Crippen molar-refractivity contribution in [2.24, 2.45) is 11.7 Å². The summed E-state index contributed by atoms with van der Waals surface area (Å²) in [6.45, 7) is 4.27. The first-order valence-electron chi connectivity index (χ1n) is 5.61. The summed E-state index contributed by atoms with van der Waals surface area (Å²) in [5, 5.41) is 10.8. The number of benzene rings is 1. The highest BCUT2D eigenvalue weighted by atomic mass is 79.9. The number of halogens is 1. The van der Waals surface area contributed by atoms with Crippen LogP contribution in [0.15, 0.2) is 22.7 Å². The van der Waals surface area contributed by atoms with Gasteiger partial charge in [-0.2, -0.15) is 0 Å². The summed E-state index contributed by atoms with van der Waals surface area (Å²) >= 11 is 3.16. The second-order valence-corrected chi connectivity index (χ2v) is 5.40. The van der Waals surface area contributed by atoms with Gasteiger partial charge in [-0.15, -0.1) is 0 Å². The number of nitrogens with zero attached hydrogens (tertiary/aromatic N) is 1. The Labute approximate surface area is 109 Å². The predicted molar refractivity (Wildman–Crippen MR) is 71.8 cm³/mol. The molecule has 1 aromatic carbocycles. The van der Waals surface area contributed by atoms with Crippen molar-refractivity contribution in [2.45, 2.75) is 32.7 Å². The van der Waals surface area contributed by atoms with Crippen molar-refractivity contribution < 1.29 is 4.92 Å². The van der Waals surface area contributed by atoms with Crippen LogP contribution in [0, 0.1) is 16.0 Å². The molecule has 1 aromatic rings. The summed E-state index contributed by atoms with van der Waals surface area (Å²) in [5.41, 5.74) is 6.92. The molecule has 94 valence electrons. The Morgan fingerprint density at radius 2 is 2.06 bits per heavy atom. The van der Waals surface area contributed by atoms with Crippen LogP contribution in [-0.2, 0) is 0 Å². The van der Waals surface area contributed by atoms with Crippen molar-refractivity contribution in [3.8, 4) is 0 Å². The van der Waals surface area contributed by atoms with Crippen LogP contribution in [0.25, 0.3) is 0 Å². The van der Waals surface area contributed by atoms with Gasteiger partial charge in [0.2, 0.25) is 0 Å². The minimum atomic E-state index is -0.400. The van der Waals surface area contributed by atoms with Gasteiger partial charge < -0.3 is 5.73 Å². The summed E-state index contributed by atoms with van der Waals surface area (Å²) < 4.78 is 0.488. The van der Waals surface area contributed by atoms with E-state index in [1.54, 1.807) is 12.1 Å². The molecule has 4 nitrogen and oxygen atoms in total. The van der Waals surface area contributed by atoms with E-state index in [-0.39, 0.29) is 11.7 Å². The fraction of sp³-hybridized carbons (Fsp3) is 0.500. The quantitative estimate of drug-likeness (QED) is 0.664. The van der Waals surface area contributed by atoms with Gasteiger partial charge in [-0.3, -0.25) is 10.1 Å². The molecule has 0 spiro atoms. The van der Waals surface area contributed by atoms with Gasteiger partial charge in [0, 0.05) is 12.1 Å². The number of nitro benzene ring substituents is 1. The van der Waals surface area contributed by atoms with Crippen LogP contribution >= 0.6 is 15.9 Å². The molecule has 0 radical (unpaired) electrons. The lowest BCUT2D eigenvalue weighted by atomic mass is 9.98. The monoisotopic (exact) mass is 300 g/mol. The maximum Gasteiger partial charge on any atom is 0.283 e. The average Bonchev–Trinajstić information content (AvgIpc) is 2.26. The Morgan fingerprint density at radius 3 is 2.59 bits per heavy atom. The van der Waals surface area contributed by atoms with Crippen molar-refractivity contribution in [2.75, 3.05) is 0 Å². The molecule has 0 saturated heterocycles. The third-order valence-electron chi connectivity index (χ3n) is 2.65. The Kier molecular flexibility index (Phi) is 5.08. The Balaban J connectivity index is 2.84. The molecule has 0 unspecified atom stereocenters. The van der Waals surface area contributed by atoms with Gasteiger partial charge in [0.1, 0.15) is 0 Å². The predicted octanol–water partition coefficient (Wildman–Crippen LogP) is 3.79. The van der Waals surface area contributed by atoms with Gasteiger partial charge >= 0.3 is 0 Å². The van der Waals surface area contributed by atoms with E-state index in [1.165, 1.54) is 0 Å². The van der Waals surface area contributed by atoms with E-state index >= 15 is 0 Å². The van der Waals surface area contributed by atoms with Gasteiger partial charge in [-0.1, -0.05) is 19.9 Å². The molecule has 1 rings (SSSR count). The van der Waals surface area contributed by atoms with Crippen molar-refractivity contribution >= 4 is 21.6 Å². The van der Waals surface area contributed by atoms with Crippen LogP contribution in [0.5, 0.6) is 0 Å².